The van der Waals surface area contributed by atoms with Crippen molar-refractivity contribution in [3.05, 3.63) is 23.0 Å². The number of hydrogen-bond acceptors (Lipinski definition) is 6. The molecule has 1 aromatic rings. The van der Waals surface area contributed by atoms with E-state index in [0.29, 0.717) is 23.5 Å². The molecule has 3 amide bonds. The Labute approximate surface area is 151 Å². The van der Waals surface area contributed by atoms with E-state index < -0.39 is 30.0 Å². The minimum absolute atomic E-state index is 0.152. The largest absolute Gasteiger partial charge is 0.462 e. The van der Waals surface area contributed by atoms with Gasteiger partial charge in [0.2, 0.25) is 0 Å². The molecule has 0 spiro atoms. The molecule has 9 nitrogen and oxygen atoms in total. The van der Waals surface area contributed by atoms with Crippen molar-refractivity contribution in [3.8, 4) is 0 Å². The summed E-state index contributed by atoms with van der Waals surface area (Å²) in [5.74, 6) is -1.66. The lowest BCUT2D eigenvalue weighted by Crippen LogP contribution is -2.42. The summed E-state index contributed by atoms with van der Waals surface area (Å²) in [7, 11) is 0. The molecule has 9 heteroatoms. The number of esters is 2. The van der Waals surface area contributed by atoms with Crippen molar-refractivity contribution in [3.63, 3.8) is 0 Å². The summed E-state index contributed by atoms with van der Waals surface area (Å²) in [5, 5.41) is 2.51. The van der Waals surface area contributed by atoms with Gasteiger partial charge in [0.1, 0.15) is 6.54 Å². The van der Waals surface area contributed by atoms with E-state index >= 15 is 0 Å². The third-order valence-electron chi connectivity index (χ3n) is 4.14. The summed E-state index contributed by atoms with van der Waals surface area (Å²) in [6.45, 7) is 7.33. The Hall–Kier alpha value is -2.84. The Morgan fingerprint density at radius 2 is 2.00 bits per heavy atom. The molecule has 0 aliphatic carbocycles. The molecule has 1 aliphatic rings. The van der Waals surface area contributed by atoms with Gasteiger partial charge in [-0.3, -0.25) is 14.5 Å². The fraction of sp³-hybridized carbons (Fsp3) is 0.529. The fourth-order valence-corrected chi connectivity index (χ4v) is 2.78. The van der Waals surface area contributed by atoms with Crippen LogP contribution in [0.5, 0.6) is 0 Å². The van der Waals surface area contributed by atoms with E-state index in [0.717, 1.165) is 4.90 Å². The smallest absolute Gasteiger partial charge is 0.339 e. The van der Waals surface area contributed by atoms with Crippen LogP contribution in [0.3, 0.4) is 0 Å². The Kier molecular flexibility index (Phi) is 6.01. The van der Waals surface area contributed by atoms with Crippen LogP contribution in [0.15, 0.2) is 6.07 Å². The predicted molar refractivity (Wildman–Crippen MR) is 90.5 cm³/mol. The van der Waals surface area contributed by atoms with Gasteiger partial charge >= 0.3 is 18.0 Å². The van der Waals surface area contributed by atoms with E-state index in [1.54, 1.807) is 31.4 Å². The molecule has 0 saturated carbocycles. The van der Waals surface area contributed by atoms with Gasteiger partial charge in [-0.2, -0.15) is 0 Å². The number of hydrogen-bond donors (Lipinski definition) is 1. The number of urea groups is 1. The van der Waals surface area contributed by atoms with Crippen molar-refractivity contribution in [2.45, 2.75) is 40.3 Å². The van der Waals surface area contributed by atoms with Crippen LogP contribution in [0.4, 0.5) is 4.79 Å². The molecular formula is C17H23N3O6. The van der Waals surface area contributed by atoms with Crippen molar-refractivity contribution >= 4 is 23.9 Å². The molecule has 2 heterocycles. The van der Waals surface area contributed by atoms with Gasteiger partial charge in [-0.05, 0) is 33.8 Å². The van der Waals surface area contributed by atoms with E-state index in [-0.39, 0.29) is 19.7 Å². The second-order valence-electron chi connectivity index (χ2n) is 5.95. The second kappa shape index (κ2) is 8.03. The quantitative estimate of drug-likeness (QED) is 0.746. The molecule has 142 valence electrons. The molecule has 0 unspecified atom stereocenters. The first-order chi connectivity index (χ1) is 12.3. The topological polar surface area (TPSA) is 107 Å². The molecular weight excluding hydrogens is 342 g/mol. The van der Waals surface area contributed by atoms with Gasteiger partial charge < -0.3 is 19.4 Å². The lowest BCUT2D eigenvalue weighted by molar-refractivity contribution is -0.158. The Balaban J connectivity index is 2.02. The maximum atomic E-state index is 12.2. The lowest BCUT2D eigenvalue weighted by atomic mass is 10.2. The van der Waals surface area contributed by atoms with Crippen LogP contribution >= 0.6 is 0 Å². The van der Waals surface area contributed by atoms with Gasteiger partial charge in [0.15, 0.2) is 6.10 Å². The highest BCUT2D eigenvalue weighted by Gasteiger charge is 2.31. The van der Waals surface area contributed by atoms with Crippen molar-refractivity contribution in [2.75, 3.05) is 19.7 Å². The number of rotatable bonds is 6. The van der Waals surface area contributed by atoms with Gasteiger partial charge in [-0.25, -0.2) is 9.59 Å². The van der Waals surface area contributed by atoms with Gasteiger partial charge in [-0.1, -0.05) is 0 Å². The van der Waals surface area contributed by atoms with Crippen LogP contribution in [-0.4, -0.2) is 59.1 Å². The molecule has 1 N–H and O–H groups in total. The third kappa shape index (κ3) is 4.04. The SMILES string of the molecule is CCOC(=O)c1cc(C)n(CC(=O)O[C@H](C)C(=O)N2CCNC2=O)c1C. The van der Waals surface area contributed by atoms with Crippen molar-refractivity contribution in [2.24, 2.45) is 0 Å². The van der Waals surface area contributed by atoms with Crippen LogP contribution in [0.1, 0.15) is 35.6 Å². The first kappa shape index (κ1) is 19.5. The molecule has 0 bridgehead atoms. The van der Waals surface area contributed by atoms with Crippen LogP contribution in [0.25, 0.3) is 0 Å². The van der Waals surface area contributed by atoms with Crippen molar-refractivity contribution in [1.82, 2.24) is 14.8 Å². The molecule has 26 heavy (non-hydrogen) atoms. The average molecular weight is 365 g/mol. The van der Waals surface area contributed by atoms with Gasteiger partial charge in [0, 0.05) is 24.5 Å². The third-order valence-corrected chi connectivity index (χ3v) is 4.14. The van der Waals surface area contributed by atoms with Crippen LogP contribution in [0.2, 0.25) is 0 Å². The number of amides is 3. The minimum atomic E-state index is -1.08. The van der Waals surface area contributed by atoms with Gasteiger partial charge in [0.05, 0.1) is 12.2 Å². The monoisotopic (exact) mass is 365 g/mol. The predicted octanol–water partition coefficient (Wildman–Crippen LogP) is 0.765. The summed E-state index contributed by atoms with van der Waals surface area (Å²) in [6.07, 6.45) is -1.08. The van der Waals surface area contributed by atoms with E-state index in [1.807, 2.05) is 0 Å². The summed E-state index contributed by atoms with van der Waals surface area (Å²) in [6, 6.07) is 1.15. The molecule has 1 saturated heterocycles. The number of nitrogens with one attached hydrogen (secondary N) is 1. The number of imide groups is 1. The zero-order chi connectivity index (χ0) is 19.4. The highest BCUT2D eigenvalue weighted by atomic mass is 16.5. The number of carbonyl (C=O) groups is 4. The van der Waals surface area contributed by atoms with Gasteiger partial charge in [0.25, 0.3) is 5.91 Å². The van der Waals surface area contributed by atoms with E-state index in [4.69, 9.17) is 9.47 Å². The summed E-state index contributed by atoms with van der Waals surface area (Å²) in [5.41, 5.74) is 1.66. The number of ether oxygens (including phenoxy) is 2. The summed E-state index contributed by atoms with van der Waals surface area (Å²) < 4.78 is 11.8. The standard InChI is InChI=1S/C17H23N3O6/c1-5-25-16(23)13-8-10(2)20(11(13)3)9-14(21)26-12(4)15(22)19-7-6-18-17(19)24/h8,12H,5-7,9H2,1-4H3,(H,18,24)/t12-/m1/s1. The van der Waals surface area contributed by atoms with E-state index in [2.05, 4.69) is 5.32 Å². The molecule has 0 radical (unpaired) electrons. The lowest BCUT2D eigenvalue weighted by Gasteiger charge is -2.18. The highest BCUT2D eigenvalue weighted by molar-refractivity contribution is 5.98. The highest BCUT2D eigenvalue weighted by Crippen LogP contribution is 2.17. The van der Waals surface area contributed by atoms with Crippen LogP contribution in [0, 0.1) is 13.8 Å². The number of aromatic nitrogens is 1. The van der Waals surface area contributed by atoms with Crippen molar-refractivity contribution in [1.29, 1.82) is 0 Å². The average Bonchev–Trinajstić information content (AvgIpc) is 3.12. The normalized spacial score (nSPS) is 14.8. The Bertz CT molecular complexity index is 739. The fourth-order valence-electron chi connectivity index (χ4n) is 2.78. The molecule has 1 aliphatic heterocycles. The number of aryl methyl sites for hydroxylation is 1. The zero-order valence-electron chi connectivity index (χ0n) is 15.3. The maximum absolute atomic E-state index is 12.2. The van der Waals surface area contributed by atoms with Crippen LogP contribution < -0.4 is 5.32 Å². The maximum Gasteiger partial charge on any atom is 0.339 e. The number of nitrogens with zero attached hydrogens (tertiary/aromatic N) is 2. The van der Waals surface area contributed by atoms with Gasteiger partial charge in [-0.15, -0.1) is 0 Å². The van der Waals surface area contributed by atoms with Crippen LogP contribution in [-0.2, 0) is 25.6 Å². The van der Waals surface area contributed by atoms with Crippen molar-refractivity contribution < 1.29 is 28.7 Å². The summed E-state index contributed by atoms with van der Waals surface area (Å²) >= 11 is 0. The first-order valence-electron chi connectivity index (χ1n) is 8.38. The van der Waals surface area contributed by atoms with E-state index in [9.17, 15) is 19.2 Å². The second-order valence-corrected chi connectivity index (χ2v) is 5.95. The minimum Gasteiger partial charge on any atom is -0.462 e. The molecule has 1 atom stereocenters. The molecule has 2 rings (SSSR count). The first-order valence-corrected chi connectivity index (χ1v) is 8.38. The summed E-state index contributed by atoms with van der Waals surface area (Å²) in [4.78, 5) is 48.8. The molecule has 1 fully saturated rings. The molecule has 1 aromatic heterocycles. The molecule has 0 aromatic carbocycles. The zero-order valence-corrected chi connectivity index (χ0v) is 15.3. The Morgan fingerprint density at radius 1 is 1.31 bits per heavy atom. The van der Waals surface area contributed by atoms with E-state index in [1.165, 1.54) is 6.92 Å². The Morgan fingerprint density at radius 3 is 2.58 bits per heavy atom. The number of carbonyl (C=O) groups excluding carboxylic acids is 4.